The standard InChI is InChI=1S/C20H16ClF2N3O4S2/c1-12(14-4-2-3-13(7-14)5-6-22)25-17-9-16(23)18(8-15(17)21)32(29,30)26(20(27)28)19-10-31-11-24-19/h2-12,25H,1H3,(H,27,28). The van der Waals surface area contributed by atoms with Crippen LogP contribution in [-0.2, 0) is 10.0 Å². The first-order chi connectivity index (χ1) is 15.1. The van der Waals surface area contributed by atoms with E-state index in [4.69, 9.17) is 11.6 Å². The molecular formula is C20H16ClF2N3O4S2. The van der Waals surface area contributed by atoms with Crippen molar-refractivity contribution in [2.45, 2.75) is 17.9 Å². The number of hydrogen-bond acceptors (Lipinski definition) is 6. The number of rotatable bonds is 7. The molecule has 0 spiro atoms. The van der Waals surface area contributed by atoms with E-state index in [1.165, 1.54) is 17.0 Å². The van der Waals surface area contributed by atoms with Gasteiger partial charge in [0.05, 0.1) is 22.6 Å². The summed E-state index contributed by atoms with van der Waals surface area (Å²) >= 11 is 7.17. The Morgan fingerprint density at radius 3 is 2.72 bits per heavy atom. The Balaban J connectivity index is 1.94. The average Bonchev–Trinajstić information content (AvgIpc) is 3.24. The summed E-state index contributed by atoms with van der Waals surface area (Å²) in [5, 5.41) is 13.4. The number of nitrogens with one attached hydrogen (secondary N) is 1. The summed E-state index contributed by atoms with van der Waals surface area (Å²) in [6.45, 7) is 1.76. The van der Waals surface area contributed by atoms with Crippen LogP contribution in [0.1, 0.15) is 24.1 Å². The molecule has 0 radical (unpaired) electrons. The minimum atomic E-state index is -4.84. The summed E-state index contributed by atoms with van der Waals surface area (Å²) < 4.78 is 53.0. The molecule has 3 aromatic rings. The van der Waals surface area contributed by atoms with Gasteiger partial charge in [-0.3, -0.25) is 0 Å². The van der Waals surface area contributed by atoms with Gasteiger partial charge in [0.2, 0.25) is 0 Å². The topological polar surface area (TPSA) is 99.6 Å². The smallest absolute Gasteiger partial charge is 0.427 e. The molecule has 0 saturated carbocycles. The van der Waals surface area contributed by atoms with Gasteiger partial charge in [-0.2, -0.15) is 0 Å². The Bertz CT molecular complexity index is 1270. The molecule has 3 rings (SSSR count). The SMILES string of the molecule is CC(Nc1cc(F)c(S(=O)(=O)N(C(=O)O)c2cscn2)cc1Cl)c1cccc(C=CF)c1. The molecule has 1 atom stereocenters. The summed E-state index contributed by atoms with van der Waals surface area (Å²) in [5.74, 6) is -1.57. The van der Waals surface area contributed by atoms with Crippen molar-refractivity contribution in [1.29, 1.82) is 0 Å². The molecule has 2 aromatic carbocycles. The van der Waals surface area contributed by atoms with Gasteiger partial charge in [0.25, 0.3) is 10.0 Å². The molecule has 1 aromatic heterocycles. The molecule has 12 heteroatoms. The lowest BCUT2D eigenvalue weighted by molar-refractivity contribution is 0.206. The molecule has 0 aliphatic rings. The van der Waals surface area contributed by atoms with Crippen LogP contribution in [0, 0.1) is 5.82 Å². The summed E-state index contributed by atoms with van der Waals surface area (Å²) in [6, 6.07) is 8.23. The number of aromatic nitrogens is 1. The molecule has 0 bridgehead atoms. The second-order valence-electron chi connectivity index (χ2n) is 6.49. The van der Waals surface area contributed by atoms with Crippen LogP contribution in [-0.4, -0.2) is 24.6 Å². The van der Waals surface area contributed by atoms with E-state index in [1.807, 2.05) is 0 Å². The van der Waals surface area contributed by atoms with Gasteiger partial charge >= 0.3 is 6.09 Å². The Morgan fingerprint density at radius 2 is 2.09 bits per heavy atom. The molecule has 1 unspecified atom stereocenters. The number of sulfonamides is 1. The second-order valence-corrected chi connectivity index (χ2v) is 9.37. The van der Waals surface area contributed by atoms with Crippen molar-refractivity contribution in [3.8, 4) is 0 Å². The van der Waals surface area contributed by atoms with Gasteiger partial charge < -0.3 is 10.4 Å². The number of hydrogen-bond donors (Lipinski definition) is 2. The van der Waals surface area contributed by atoms with Gasteiger partial charge in [0.15, 0.2) is 5.82 Å². The van der Waals surface area contributed by atoms with E-state index >= 15 is 0 Å². The number of thiazole rings is 1. The van der Waals surface area contributed by atoms with Gasteiger partial charge in [-0.15, -0.1) is 15.6 Å². The largest absolute Gasteiger partial charge is 0.464 e. The first-order valence-corrected chi connectivity index (χ1v) is 11.7. The zero-order valence-electron chi connectivity index (χ0n) is 16.4. The summed E-state index contributed by atoms with van der Waals surface area (Å²) in [6.07, 6.45) is -0.155. The summed E-state index contributed by atoms with van der Waals surface area (Å²) in [5.41, 5.74) is 2.71. The first kappa shape index (κ1) is 23.6. The Morgan fingerprint density at radius 1 is 1.34 bits per heavy atom. The highest BCUT2D eigenvalue weighted by Gasteiger charge is 2.35. The molecule has 1 heterocycles. The number of benzene rings is 2. The van der Waals surface area contributed by atoms with Gasteiger partial charge in [0.1, 0.15) is 10.7 Å². The minimum absolute atomic E-state index is 0.0160. The number of anilines is 2. The molecule has 7 nitrogen and oxygen atoms in total. The van der Waals surface area contributed by atoms with E-state index in [-0.39, 0.29) is 20.8 Å². The highest BCUT2D eigenvalue weighted by atomic mass is 35.5. The van der Waals surface area contributed by atoms with Crippen LogP contribution < -0.4 is 9.62 Å². The zero-order valence-corrected chi connectivity index (χ0v) is 18.8. The average molecular weight is 500 g/mol. The fraction of sp³-hybridized carbons (Fsp3) is 0.100. The molecular weight excluding hydrogens is 484 g/mol. The normalized spacial score (nSPS) is 12.6. The Kier molecular flexibility index (Phi) is 7.12. The maximum absolute atomic E-state index is 14.8. The van der Waals surface area contributed by atoms with Gasteiger partial charge in [0, 0.05) is 11.4 Å². The lowest BCUT2D eigenvalue weighted by Crippen LogP contribution is -2.36. The summed E-state index contributed by atoms with van der Waals surface area (Å²) in [7, 11) is -4.84. The number of nitrogens with zero attached hydrogens (tertiary/aromatic N) is 2. The van der Waals surface area contributed by atoms with Crippen LogP contribution in [0.5, 0.6) is 0 Å². The lowest BCUT2D eigenvalue weighted by Gasteiger charge is -2.20. The van der Waals surface area contributed by atoms with Crippen molar-refractivity contribution in [3.63, 3.8) is 0 Å². The van der Waals surface area contributed by atoms with Crippen molar-refractivity contribution in [1.82, 2.24) is 4.98 Å². The van der Waals surface area contributed by atoms with Crippen molar-refractivity contribution in [2.24, 2.45) is 0 Å². The number of carbonyl (C=O) groups is 1. The third-order valence-corrected chi connectivity index (χ3v) is 6.96. The van der Waals surface area contributed by atoms with E-state index in [0.29, 0.717) is 11.9 Å². The van der Waals surface area contributed by atoms with E-state index < -0.39 is 32.9 Å². The van der Waals surface area contributed by atoms with E-state index in [9.17, 15) is 27.1 Å². The number of halogens is 3. The van der Waals surface area contributed by atoms with E-state index in [0.717, 1.165) is 29.0 Å². The van der Waals surface area contributed by atoms with Crippen LogP contribution in [0.2, 0.25) is 5.02 Å². The lowest BCUT2D eigenvalue weighted by atomic mass is 10.0. The van der Waals surface area contributed by atoms with E-state index in [1.54, 1.807) is 31.2 Å². The molecule has 0 aliphatic heterocycles. The molecule has 0 saturated heterocycles. The molecule has 1 amide bonds. The Hall–Kier alpha value is -3.02. The molecule has 2 N–H and O–H groups in total. The first-order valence-electron chi connectivity index (χ1n) is 8.94. The highest BCUT2D eigenvalue weighted by Crippen LogP contribution is 2.33. The predicted molar refractivity (Wildman–Crippen MR) is 120 cm³/mol. The van der Waals surface area contributed by atoms with Gasteiger partial charge in [-0.25, -0.2) is 27.0 Å². The third-order valence-electron chi connectivity index (χ3n) is 4.38. The van der Waals surface area contributed by atoms with Crippen molar-refractivity contribution < 1.29 is 27.1 Å². The maximum atomic E-state index is 14.8. The molecule has 0 aliphatic carbocycles. The fourth-order valence-corrected chi connectivity index (χ4v) is 5.07. The highest BCUT2D eigenvalue weighted by molar-refractivity contribution is 7.93. The van der Waals surface area contributed by atoms with Crippen LogP contribution >= 0.6 is 22.9 Å². The monoisotopic (exact) mass is 499 g/mol. The maximum Gasteiger partial charge on any atom is 0.427 e. The third kappa shape index (κ3) is 4.90. The zero-order chi connectivity index (χ0) is 23.5. The van der Waals surface area contributed by atoms with E-state index in [2.05, 4.69) is 10.3 Å². The molecule has 168 valence electrons. The number of carboxylic acid groups (broad SMARTS) is 1. The quantitative estimate of drug-likeness (QED) is 0.418. The fourth-order valence-electron chi connectivity index (χ4n) is 2.89. The van der Waals surface area contributed by atoms with Crippen molar-refractivity contribution in [3.05, 3.63) is 75.6 Å². The Labute approximate surface area is 191 Å². The van der Waals surface area contributed by atoms with Gasteiger partial charge in [-0.1, -0.05) is 29.8 Å². The minimum Gasteiger partial charge on any atom is -0.464 e. The van der Waals surface area contributed by atoms with Crippen LogP contribution in [0.25, 0.3) is 6.08 Å². The summed E-state index contributed by atoms with van der Waals surface area (Å²) in [4.78, 5) is 14.3. The van der Waals surface area contributed by atoms with Crippen molar-refractivity contribution >= 4 is 56.6 Å². The van der Waals surface area contributed by atoms with Gasteiger partial charge in [-0.05, 0) is 42.3 Å². The molecule has 0 fully saturated rings. The number of amides is 1. The van der Waals surface area contributed by atoms with Crippen LogP contribution in [0.15, 0.2) is 58.5 Å². The van der Waals surface area contributed by atoms with Crippen LogP contribution in [0.4, 0.5) is 25.1 Å². The van der Waals surface area contributed by atoms with Crippen molar-refractivity contribution in [2.75, 3.05) is 9.62 Å². The second kappa shape index (κ2) is 9.63. The predicted octanol–water partition coefficient (Wildman–Crippen LogP) is 5.92. The van der Waals surface area contributed by atoms with Crippen LogP contribution in [0.3, 0.4) is 0 Å². The molecule has 32 heavy (non-hydrogen) atoms.